The molecular formula is C21H23N3O9S. The van der Waals surface area contributed by atoms with E-state index in [1.807, 2.05) is 0 Å². The van der Waals surface area contributed by atoms with Crippen LogP contribution in [0, 0.1) is 17.0 Å². The standard InChI is InChI=1S/C21H23N3O9S/c1-14-4-3-5-16(24(27)28)20(14)22-19(25)13-33-21(26)15-6-7-17(31-2)18(12-15)34(29,30)23-8-10-32-11-9-23/h3-7,12H,8-11,13H2,1-2H3,(H,22,25). The van der Waals surface area contributed by atoms with Gasteiger partial charge in [0.1, 0.15) is 16.3 Å². The van der Waals surface area contributed by atoms with Crippen LogP contribution in [0.3, 0.4) is 0 Å². The van der Waals surface area contributed by atoms with Crippen LogP contribution in [0.15, 0.2) is 41.3 Å². The van der Waals surface area contributed by atoms with E-state index in [1.54, 1.807) is 13.0 Å². The van der Waals surface area contributed by atoms with Crippen LogP contribution in [0.2, 0.25) is 0 Å². The molecule has 1 fully saturated rings. The van der Waals surface area contributed by atoms with Gasteiger partial charge in [-0.05, 0) is 30.7 Å². The fourth-order valence-electron chi connectivity index (χ4n) is 3.29. The molecule has 0 radical (unpaired) electrons. The number of hydrogen-bond acceptors (Lipinski definition) is 9. The van der Waals surface area contributed by atoms with Crippen LogP contribution in [0.1, 0.15) is 15.9 Å². The summed E-state index contributed by atoms with van der Waals surface area (Å²) in [5.74, 6) is -1.69. The highest BCUT2D eigenvalue weighted by Crippen LogP contribution is 2.29. The van der Waals surface area contributed by atoms with Crippen molar-refractivity contribution in [2.24, 2.45) is 0 Å². The van der Waals surface area contributed by atoms with E-state index < -0.39 is 33.4 Å². The molecule has 0 spiro atoms. The molecule has 0 saturated carbocycles. The summed E-state index contributed by atoms with van der Waals surface area (Å²) in [6.07, 6.45) is 0. The summed E-state index contributed by atoms with van der Waals surface area (Å²) < 4.78 is 42.7. The van der Waals surface area contributed by atoms with Crippen molar-refractivity contribution in [3.8, 4) is 5.75 Å². The minimum atomic E-state index is -3.97. The predicted octanol–water partition coefficient (Wildman–Crippen LogP) is 1.73. The summed E-state index contributed by atoms with van der Waals surface area (Å²) in [5, 5.41) is 13.6. The summed E-state index contributed by atoms with van der Waals surface area (Å²) in [7, 11) is -2.67. The van der Waals surface area contributed by atoms with Gasteiger partial charge in [-0.3, -0.25) is 14.9 Å². The van der Waals surface area contributed by atoms with Crippen LogP contribution < -0.4 is 10.1 Å². The monoisotopic (exact) mass is 493 g/mol. The lowest BCUT2D eigenvalue weighted by Gasteiger charge is -2.26. The number of anilines is 1. The van der Waals surface area contributed by atoms with Crippen LogP contribution >= 0.6 is 0 Å². The van der Waals surface area contributed by atoms with Crippen LogP contribution in [-0.2, 0) is 24.3 Å². The summed E-state index contributed by atoms with van der Waals surface area (Å²) in [6.45, 7) is 1.66. The Morgan fingerprint density at radius 2 is 1.91 bits per heavy atom. The van der Waals surface area contributed by atoms with Crippen LogP contribution in [0.5, 0.6) is 5.75 Å². The number of esters is 1. The molecule has 2 aromatic carbocycles. The number of aryl methyl sites for hydroxylation is 1. The van der Waals surface area contributed by atoms with Gasteiger partial charge in [0.15, 0.2) is 6.61 Å². The summed E-state index contributed by atoms with van der Waals surface area (Å²) in [6, 6.07) is 8.06. The van der Waals surface area contributed by atoms with Crippen LogP contribution in [0.25, 0.3) is 0 Å². The third kappa shape index (κ3) is 5.50. The highest BCUT2D eigenvalue weighted by atomic mass is 32.2. The van der Waals surface area contributed by atoms with Crippen molar-refractivity contribution in [3.05, 3.63) is 57.6 Å². The molecule has 1 N–H and O–H groups in total. The molecule has 1 aliphatic rings. The largest absolute Gasteiger partial charge is 0.495 e. The fourth-order valence-corrected chi connectivity index (χ4v) is 4.88. The number of nitro groups is 1. The molecule has 1 aliphatic heterocycles. The molecule has 3 rings (SSSR count). The van der Waals surface area contributed by atoms with Crippen molar-refractivity contribution in [2.75, 3.05) is 45.3 Å². The first-order valence-corrected chi connectivity index (χ1v) is 11.6. The zero-order valence-electron chi connectivity index (χ0n) is 18.5. The zero-order chi connectivity index (χ0) is 24.9. The number of morpholine rings is 1. The molecule has 12 nitrogen and oxygen atoms in total. The second-order valence-corrected chi connectivity index (χ2v) is 9.14. The lowest BCUT2D eigenvalue weighted by atomic mass is 10.1. The molecule has 0 aromatic heterocycles. The van der Waals surface area contributed by atoms with E-state index >= 15 is 0 Å². The Hall–Kier alpha value is -3.55. The van der Waals surface area contributed by atoms with Gasteiger partial charge in [0, 0.05) is 19.2 Å². The van der Waals surface area contributed by atoms with Crippen molar-refractivity contribution in [2.45, 2.75) is 11.8 Å². The van der Waals surface area contributed by atoms with Gasteiger partial charge in [0.2, 0.25) is 10.0 Å². The van der Waals surface area contributed by atoms with E-state index in [9.17, 15) is 28.1 Å². The normalized spacial score (nSPS) is 14.3. The average Bonchev–Trinajstić information content (AvgIpc) is 2.83. The summed E-state index contributed by atoms with van der Waals surface area (Å²) >= 11 is 0. The summed E-state index contributed by atoms with van der Waals surface area (Å²) in [5.41, 5.74) is 0.0500. The minimum absolute atomic E-state index is 0.00288. The zero-order valence-corrected chi connectivity index (χ0v) is 19.3. The Balaban J connectivity index is 1.74. The molecule has 13 heteroatoms. The first kappa shape index (κ1) is 25.1. The first-order valence-electron chi connectivity index (χ1n) is 10.1. The quantitative estimate of drug-likeness (QED) is 0.329. The number of amides is 1. The van der Waals surface area contributed by atoms with Gasteiger partial charge < -0.3 is 19.5 Å². The fraction of sp³-hybridized carbons (Fsp3) is 0.333. The Morgan fingerprint density at radius 3 is 2.56 bits per heavy atom. The van der Waals surface area contributed by atoms with Gasteiger partial charge >= 0.3 is 5.97 Å². The number of hydrogen-bond donors (Lipinski definition) is 1. The van der Waals surface area contributed by atoms with Gasteiger partial charge in [-0.2, -0.15) is 4.31 Å². The smallest absolute Gasteiger partial charge is 0.338 e. The molecule has 1 saturated heterocycles. The highest BCUT2D eigenvalue weighted by Gasteiger charge is 2.30. The van der Waals surface area contributed by atoms with E-state index in [1.165, 1.54) is 35.7 Å². The Bertz CT molecular complexity index is 1210. The lowest BCUT2D eigenvalue weighted by Crippen LogP contribution is -2.40. The maximum absolute atomic E-state index is 13.0. The van der Waals surface area contributed by atoms with E-state index in [4.69, 9.17) is 14.2 Å². The molecule has 0 unspecified atom stereocenters. The highest BCUT2D eigenvalue weighted by molar-refractivity contribution is 7.89. The Kier molecular flexibility index (Phi) is 7.81. The van der Waals surface area contributed by atoms with Crippen molar-refractivity contribution in [1.82, 2.24) is 4.31 Å². The van der Waals surface area contributed by atoms with E-state index in [-0.39, 0.29) is 53.9 Å². The average molecular weight is 493 g/mol. The molecule has 1 amide bonds. The Labute approximate surface area is 195 Å². The second kappa shape index (κ2) is 10.6. The number of carbonyl (C=O) groups is 2. The molecule has 0 bridgehead atoms. The molecule has 0 atom stereocenters. The third-order valence-electron chi connectivity index (χ3n) is 5.03. The topological polar surface area (TPSA) is 154 Å². The number of para-hydroxylation sites is 1. The maximum Gasteiger partial charge on any atom is 0.338 e. The summed E-state index contributed by atoms with van der Waals surface area (Å²) in [4.78, 5) is 35.1. The van der Waals surface area contributed by atoms with Gasteiger partial charge in [-0.15, -0.1) is 0 Å². The molecular weight excluding hydrogens is 470 g/mol. The lowest BCUT2D eigenvalue weighted by molar-refractivity contribution is -0.384. The van der Waals surface area contributed by atoms with E-state index in [2.05, 4.69) is 5.32 Å². The van der Waals surface area contributed by atoms with Crippen molar-refractivity contribution >= 4 is 33.3 Å². The third-order valence-corrected chi connectivity index (χ3v) is 6.95. The Morgan fingerprint density at radius 1 is 1.21 bits per heavy atom. The molecule has 34 heavy (non-hydrogen) atoms. The molecule has 182 valence electrons. The second-order valence-electron chi connectivity index (χ2n) is 7.23. The number of methoxy groups -OCH3 is 1. The van der Waals surface area contributed by atoms with Gasteiger partial charge in [-0.25, -0.2) is 13.2 Å². The SMILES string of the molecule is COc1ccc(C(=O)OCC(=O)Nc2c(C)cccc2[N+](=O)[O-])cc1S(=O)(=O)N1CCOCC1. The predicted molar refractivity (Wildman–Crippen MR) is 119 cm³/mol. The number of rotatable bonds is 8. The van der Waals surface area contributed by atoms with Crippen LogP contribution in [-0.4, -0.2) is 69.5 Å². The molecule has 2 aromatic rings. The number of sulfonamides is 1. The van der Waals surface area contributed by atoms with Gasteiger partial charge in [-0.1, -0.05) is 12.1 Å². The number of nitrogens with zero attached hydrogens (tertiary/aromatic N) is 2. The van der Waals surface area contributed by atoms with Crippen molar-refractivity contribution in [3.63, 3.8) is 0 Å². The van der Waals surface area contributed by atoms with Gasteiger partial charge in [0.25, 0.3) is 11.6 Å². The number of benzene rings is 2. The van der Waals surface area contributed by atoms with Crippen molar-refractivity contribution in [1.29, 1.82) is 0 Å². The number of nitro benzene ring substituents is 1. The number of carbonyl (C=O) groups excluding carboxylic acids is 2. The molecule has 1 heterocycles. The van der Waals surface area contributed by atoms with Crippen LogP contribution in [0.4, 0.5) is 11.4 Å². The maximum atomic E-state index is 13.0. The molecule has 0 aliphatic carbocycles. The van der Waals surface area contributed by atoms with Gasteiger partial charge in [0.05, 0.1) is 30.8 Å². The van der Waals surface area contributed by atoms with E-state index in [0.717, 1.165) is 6.07 Å². The van der Waals surface area contributed by atoms with Crippen molar-refractivity contribution < 1.29 is 37.1 Å². The number of nitrogens with one attached hydrogen (secondary N) is 1. The minimum Gasteiger partial charge on any atom is -0.495 e. The number of ether oxygens (including phenoxy) is 3. The van der Waals surface area contributed by atoms with E-state index in [0.29, 0.717) is 5.56 Å². The first-order chi connectivity index (χ1) is 16.1.